The molecule has 4 aromatic rings. The van der Waals surface area contributed by atoms with Crippen molar-refractivity contribution in [1.29, 1.82) is 0 Å². The van der Waals surface area contributed by atoms with Crippen LogP contribution >= 0.6 is 0 Å². The first-order valence-corrected chi connectivity index (χ1v) is 17.9. The van der Waals surface area contributed by atoms with Crippen molar-refractivity contribution in [2.24, 2.45) is 7.05 Å². The van der Waals surface area contributed by atoms with Gasteiger partial charge in [0, 0.05) is 81.6 Å². The number of hydrogen-bond donors (Lipinski definition) is 2. The van der Waals surface area contributed by atoms with E-state index in [1.165, 1.54) is 23.3 Å². The third kappa shape index (κ3) is 7.17. The van der Waals surface area contributed by atoms with E-state index in [0.717, 1.165) is 31.6 Å². The highest BCUT2D eigenvalue weighted by Gasteiger charge is 2.31. The number of likely N-dealkylation sites (tertiary alicyclic amines) is 1. The van der Waals surface area contributed by atoms with Gasteiger partial charge in [0.25, 0.3) is 5.56 Å². The summed E-state index contributed by atoms with van der Waals surface area (Å²) in [6.45, 7) is 4.84. The maximum atomic E-state index is 15.7. The Kier molecular flexibility index (Phi) is 10.1. The van der Waals surface area contributed by atoms with Crippen LogP contribution in [-0.4, -0.2) is 113 Å². The summed E-state index contributed by atoms with van der Waals surface area (Å²) in [4.78, 5) is 57.9. The lowest BCUT2D eigenvalue weighted by Gasteiger charge is -2.37. The SMILES string of the molecule is COc1cc(-c2cn(C)c(=O)c3[nH]ncc23)cc(F)c1CN1CCN(C(=O)CN2CCC(c3ccc(N(C)[C@H]4CCC(=O)NC4=O)cc3)CC2)CC1. The molecule has 3 saturated heterocycles. The summed E-state index contributed by atoms with van der Waals surface area (Å²) < 4.78 is 22.8. The van der Waals surface area contributed by atoms with Crippen LogP contribution in [0.15, 0.2) is 53.6 Å². The summed E-state index contributed by atoms with van der Waals surface area (Å²) in [6.07, 6.45) is 6.04. The molecule has 3 aliphatic heterocycles. The van der Waals surface area contributed by atoms with Crippen LogP contribution in [0.5, 0.6) is 5.75 Å². The molecule has 0 aliphatic carbocycles. The second-order valence-electron chi connectivity index (χ2n) is 14.1. The molecule has 0 spiro atoms. The Morgan fingerprint density at radius 3 is 2.42 bits per heavy atom. The molecule has 13 nitrogen and oxygen atoms in total. The number of piperidine rings is 2. The fourth-order valence-electron chi connectivity index (χ4n) is 7.79. The van der Waals surface area contributed by atoms with Gasteiger partial charge in [0.2, 0.25) is 17.7 Å². The lowest BCUT2D eigenvalue weighted by Crippen LogP contribution is -2.51. The number of aryl methyl sites for hydroxylation is 1. The Labute approximate surface area is 301 Å². The predicted octanol–water partition coefficient (Wildman–Crippen LogP) is 2.84. The van der Waals surface area contributed by atoms with Gasteiger partial charge in [-0.15, -0.1) is 0 Å². The van der Waals surface area contributed by atoms with Crippen LogP contribution in [0.25, 0.3) is 22.0 Å². The maximum absolute atomic E-state index is 15.7. The molecular weight excluding hydrogens is 667 g/mol. The van der Waals surface area contributed by atoms with E-state index >= 15 is 4.39 Å². The van der Waals surface area contributed by atoms with Gasteiger partial charge in [0.15, 0.2) is 0 Å². The number of anilines is 1. The highest BCUT2D eigenvalue weighted by atomic mass is 19.1. The number of rotatable bonds is 9. The van der Waals surface area contributed by atoms with Crippen LogP contribution in [0.2, 0.25) is 0 Å². The number of halogens is 1. The van der Waals surface area contributed by atoms with Gasteiger partial charge in [-0.25, -0.2) is 4.39 Å². The zero-order valence-corrected chi connectivity index (χ0v) is 29.9. The minimum absolute atomic E-state index is 0.120. The molecular formula is C38H45FN8O5. The zero-order valence-electron chi connectivity index (χ0n) is 29.9. The zero-order chi connectivity index (χ0) is 36.5. The van der Waals surface area contributed by atoms with Crippen molar-refractivity contribution in [3.63, 3.8) is 0 Å². The first-order chi connectivity index (χ1) is 25.1. The summed E-state index contributed by atoms with van der Waals surface area (Å²) in [5.41, 5.74) is 4.08. The number of pyridine rings is 1. The Balaban J connectivity index is 0.892. The number of imide groups is 1. The average molecular weight is 713 g/mol. The van der Waals surface area contributed by atoms with Crippen molar-refractivity contribution in [3.8, 4) is 16.9 Å². The Morgan fingerprint density at radius 2 is 1.73 bits per heavy atom. The smallest absolute Gasteiger partial charge is 0.276 e. The number of benzene rings is 2. The summed E-state index contributed by atoms with van der Waals surface area (Å²) in [6, 6.07) is 11.3. The number of aromatic nitrogens is 3. The Morgan fingerprint density at radius 1 is 1.00 bits per heavy atom. The second kappa shape index (κ2) is 14.9. The molecule has 3 amide bonds. The number of piperazine rings is 1. The normalized spacial score (nSPS) is 19.2. The van der Waals surface area contributed by atoms with E-state index in [0.29, 0.717) is 91.4 Å². The largest absolute Gasteiger partial charge is 0.496 e. The van der Waals surface area contributed by atoms with Crippen molar-refractivity contribution in [2.45, 2.75) is 44.2 Å². The molecule has 0 bridgehead atoms. The number of carbonyl (C=O) groups is 3. The second-order valence-corrected chi connectivity index (χ2v) is 14.1. The van der Waals surface area contributed by atoms with Gasteiger partial charge >= 0.3 is 0 Å². The summed E-state index contributed by atoms with van der Waals surface area (Å²) in [5, 5.41) is 9.81. The molecule has 3 aliphatic rings. The fraction of sp³-hybridized carbons (Fsp3) is 0.447. The fourth-order valence-corrected chi connectivity index (χ4v) is 7.79. The van der Waals surface area contributed by atoms with Crippen LogP contribution in [0.3, 0.4) is 0 Å². The number of carbonyl (C=O) groups excluding carboxylic acids is 3. The molecule has 0 unspecified atom stereocenters. The molecule has 0 saturated carbocycles. The number of nitrogens with one attached hydrogen (secondary N) is 2. The Bertz CT molecular complexity index is 2030. The molecule has 2 aromatic carbocycles. The predicted molar refractivity (Wildman–Crippen MR) is 195 cm³/mol. The monoisotopic (exact) mass is 712 g/mol. The Hall–Kier alpha value is -5.08. The number of ether oxygens (including phenoxy) is 1. The topological polar surface area (TPSA) is 136 Å². The lowest BCUT2D eigenvalue weighted by atomic mass is 9.89. The van der Waals surface area contributed by atoms with Crippen LogP contribution in [-0.2, 0) is 28.0 Å². The number of amides is 3. The highest BCUT2D eigenvalue weighted by Crippen LogP contribution is 2.34. The first kappa shape index (κ1) is 35.3. The number of aromatic amines is 1. The molecule has 52 heavy (non-hydrogen) atoms. The van der Waals surface area contributed by atoms with Crippen LogP contribution in [0.1, 0.15) is 42.7 Å². The van der Waals surface area contributed by atoms with Crippen molar-refractivity contribution < 1.29 is 23.5 Å². The third-order valence-electron chi connectivity index (χ3n) is 11.0. The number of H-pyrrole nitrogens is 1. The van der Waals surface area contributed by atoms with E-state index in [-0.39, 0.29) is 29.3 Å². The number of likely N-dealkylation sites (N-methyl/N-ethyl adjacent to an activating group) is 1. The molecule has 3 fully saturated rings. The van der Waals surface area contributed by atoms with E-state index in [1.54, 1.807) is 25.5 Å². The number of fused-ring (bicyclic) bond motifs is 1. The number of hydrogen-bond acceptors (Lipinski definition) is 9. The average Bonchev–Trinajstić information content (AvgIpc) is 3.65. The van der Waals surface area contributed by atoms with Crippen molar-refractivity contribution in [2.75, 3.05) is 64.9 Å². The molecule has 2 aromatic heterocycles. The van der Waals surface area contributed by atoms with Crippen molar-refractivity contribution in [3.05, 3.63) is 76.1 Å². The molecule has 274 valence electrons. The van der Waals surface area contributed by atoms with E-state index < -0.39 is 5.82 Å². The van der Waals surface area contributed by atoms with Crippen molar-refractivity contribution >= 4 is 34.3 Å². The maximum Gasteiger partial charge on any atom is 0.276 e. The molecule has 7 rings (SSSR count). The van der Waals surface area contributed by atoms with Gasteiger partial charge in [0.1, 0.15) is 23.1 Å². The van der Waals surface area contributed by atoms with Gasteiger partial charge in [-0.2, -0.15) is 5.10 Å². The summed E-state index contributed by atoms with van der Waals surface area (Å²) in [5.74, 6) is 0.101. The van der Waals surface area contributed by atoms with E-state index in [9.17, 15) is 19.2 Å². The number of methoxy groups -OCH3 is 1. The molecule has 14 heteroatoms. The van der Waals surface area contributed by atoms with E-state index in [1.807, 2.05) is 29.0 Å². The summed E-state index contributed by atoms with van der Waals surface area (Å²) >= 11 is 0. The number of nitrogens with zero attached hydrogens (tertiary/aromatic N) is 6. The van der Waals surface area contributed by atoms with Crippen LogP contribution in [0.4, 0.5) is 10.1 Å². The van der Waals surface area contributed by atoms with E-state index in [4.69, 9.17) is 4.74 Å². The van der Waals surface area contributed by atoms with Gasteiger partial charge in [0.05, 0.1) is 19.9 Å². The molecule has 5 heterocycles. The molecule has 1 atom stereocenters. The first-order valence-electron chi connectivity index (χ1n) is 17.9. The van der Waals surface area contributed by atoms with Crippen LogP contribution in [0, 0.1) is 5.82 Å². The van der Waals surface area contributed by atoms with Gasteiger partial charge < -0.3 is 19.1 Å². The highest BCUT2D eigenvalue weighted by molar-refractivity contribution is 6.01. The quantitative estimate of drug-likeness (QED) is 0.251. The van der Waals surface area contributed by atoms with Crippen molar-refractivity contribution in [1.82, 2.24) is 34.8 Å². The third-order valence-corrected chi connectivity index (χ3v) is 11.0. The molecule has 0 radical (unpaired) electrons. The van der Waals surface area contributed by atoms with Crippen LogP contribution < -0.4 is 20.5 Å². The standard InChI is InChI=1S/C38H45FN8O5/c1-43-21-29(28-20-40-42-36(28)38(43)51)26-18-31(39)30(33(19-26)52-3)22-46-14-16-47(17-15-46)35(49)23-45-12-10-25(11-13-45)24-4-6-27(7-5-24)44(2)32-8-9-34(48)41-37(32)50/h4-7,18-21,25,32H,8-17,22-23H2,1-3H3,(H,40,42)(H,41,48,50)/t32-/m0/s1. The summed E-state index contributed by atoms with van der Waals surface area (Å²) in [7, 11) is 5.06. The van der Waals surface area contributed by atoms with Gasteiger partial charge in [-0.05, 0) is 73.7 Å². The lowest BCUT2D eigenvalue weighted by molar-refractivity contribution is -0.135. The molecule has 2 N–H and O–H groups in total. The minimum atomic E-state index is -0.391. The minimum Gasteiger partial charge on any atom is -0.496 e. The van der Waals surface area contributed by atoms with Gasteiger partial charge in [-0.3, -0.25) is 39.4 Å². The van der Waals surface area contributed by atoms with Gasteiger partial charge in [-0.1, -0.05) is 12.1 Å². The van der Waals surface area contributed by atoms with E-state index in [2.05, 4.69) is 37.4 Å².